The number of nitrogens with one attached hydrogen (secondary N) is 2. The summed E-state index contributed by atoms with van der Waals surface area (Å²) in [6, 6.07) is 1.63. The summed E-state index contributed by atoms with van der Waals surface area (Å²) in [5, 5.41) is 4.52. The predicted octanol–water partition coefficient (Wildman–Crippen LogP) is 2.27. The van der Waals surface area contributed by atoms with Gasteiger partial charge in [-0.05, 0) is 11.6 Å². The number of hydrogen-bond acceptors (Lipinski definition) is 2. The van der Waals surface area contributed by atoms with Crippen molar-refractivity contribution in [1.82, 2.24) is 10.3 Å². The highest BCUT2D eigenvalue weighted by Gasteiger charge is 2.21. The van der Waals surface area contributed by atoms with Gasteiger partial charge in [0, 0.05) is 29.7 Å². The zero-order valence-corrected chi connectivity index (χ0v) is 11.0. The predicted molar refractivity (Wildman–Crippen MR) is 73.1 cm³/mol. The number of fused-ring (bicyclic) bond motifs is 3. The van der Waals surface area contributed by atoms with Gasteiger partial charge in [0.1, 0.15) is 0 Å². The molecule has 1 amide bonds. The van der Waals surface area contributed by atoms with E-state index in [0.717, 1.165) is 28.6 Å². The highest BCUT2D eigenvalue weighted by atomic mass is 35.5. The Morgan fingerprint density at radius 2 is 2.11 bits per heavy atom. The normalized spacial score (nSPS) is 15.3. The van der Waals surface area contributed by atoms with E-state index in [1.807, 2.05) is 0 Å². The molecule has 94 valence electrons. The smallest absolute Gasteiger partial charge is 0.224 e. The van der Waals surface area contributed by atoms with Crippen molar-refractivity contribution in [3.63, 3.8) is 0 Å². The molecule has 2 heterocycles. The lowest BCUT2D eigenvalue weighted by molar-refractivity contribution is -0.120. The molecule has 0 saturated carbocycles. The minimum Gasteiger partial charge on any atom is -0.398 e. The number of carbonyl (C=O) groups excluding carboxylic acids is 1. The fraction of sp³-hybridized carbons (Fsp3) is 0.250. The number of aromatic nitrogens is 1. The number of aromatic amines is 1. The molecule has 1 aliphatic rings. The van der Waals surface area contributed by atoms with Gasteiger partial charge in [-0.2, -0.15) is 0 Å². The van der Waals surface area contributed by atoms with Crippen LogP contribution in [0.25, 0.3) is 10.9 Å². The molecule has 4 N–H and O–H groups in total. The van der Waals surface area contributed by atoms with Gasteiger partial charge in [0.2, 0.25) is 5.91 Å². The van der Waals surface area contributed by atoms with Crippen molar-refractivity contribution < 1.29 is 4.79 Å². The molecule has 0 bridgehead atoms. The summed E-state index contributed by atoms with van der Waals surface area (Å²) in [7, 11) is 0. The van der Waals surface area contributed by atoms with Crippen LogP contribution < -0.4 is 11.1 Å². The maximum atomic E-state index is 11.6. The number of nitrogen functional groups attached to an aromatic ring is 1. The molecule has 1 aromatic heterocycles. The average molecular weight is 284 g/mol. The van der Waals surface area contributed by atoms with Crippen LogP contribution in [-0.4, -0.2) is 17.4 Å². The van der Waals surface area contributed by atoms with Gasteiger partial charge in [-0.25, -0.2) is 0 Å². The summed E-state index contributed by atoms with van der Waals surface area (Å²) in [5.41, 5.74) is 9.19. The van der Waals surface area contributed by atoms with E-state index in [2.05, 4.69) is 10.3 Å². The first kappa shape index (κ1) is 11.7. The molecular formula is C12H11Cl2N3O. The Hall–Kier alpha value is -1.39. The monoisotopic (exact) mass is 283 g/mol. The molecule has 1 aromatic carbocycles. The Labute approximate surface area is 113 Å². The number of rotatable bonds is 0. The summed E-state index contributed by atoms with van der Waals surface area (Å²) >= 11 is 12.2. The molecule has 4 nitrogen and oxygen atoms in total. The van der Waals surface area contributed by atoms with Crippen LogP contribution in [0.15, 0.2) is 6.07 Å². The van der Waals surface area contributed by atoms with E-state index in [1.165, 1.54) is 0 Å². The SMILES string of the molecule is Nc1cc(Cl)c(Cl)c2[nH]c3c(c12)CC(=O)NCC3. The van der Waals surface area contributed by atoms with Crippen molar-refractivity contribution in [1.29, 1.82) is 0 Å². The number of benzene rings is 1. The molecule has 2 aromatic rings. The van der Waals surface area contributed by atoms with E-state index in [9.17, 15) is 4.79 Å². The summed E-state index contributed by atoms with van der Waals surface area (Å²) in [4.78, 5) is 14.9. The van der Waals surface area contributed by atoms with Gasteiger partial charge in [-0.1, -0.05) is 23.2 Å². The molecular weight excluding hydrogens is 273 g/mol. The Morgan fingerprint density at radius 1 is 1.33 bits per heavy atom. The van der Waals surface area contributed by atoms with Gasteiger partial charge in [-0.3, -0.25) is 4.79 Å². The maximum absolute atomic E-state index is 11.6. The number of halogens is 2. The van der Waals surface area contributed by atoms with Crippen LogP contribution >= 0.6 is 23.2 Å². The molecule has 0 unspecified atom stereocenters. The Balaban J connectivity index is 2.35. The van der Waals surface area contributed by atoms with E-state index < -0.39 is 0 Å². The highest BCUT2D eigenvalue weighted by molar-refractivity contribution is 6.45. The van der Waals surface area contributed by atoms with E-state index >= 15 is 0 Å². The molecule has 0 fully saturated rings. The van der Waals surface area contributed by atoms with Crippen molar-refractivity contribution in [3.8, 4) is 0 Å². The van der Waals surface area contributed by atoms with Crippen molar-refractivity contribution >= 4 is 45.7 Å². The maximum Gasteiger partial charge on any atom is 0.224 e. The minimum absolute atomic E-state index is 0.000113. The highest BCUT2D eigenvalue weighted by Crippen LogP contribution is 2.38. The first-order valence-electron chi connectivity index (χ1n) is 5.61. The number of amides is 1. The van der Waals surface area contributed by atoms with Crippen LogP contribution in [0, 0.1) is 0 Å². The molecule has 0 aliphatic carbocycles. The van der Waals surface area contributed by atoms with Crippen molar-refractivity contribution in [3.05, 3.63) is 27.4 Å². The van der Waals surface area contributed by atoms with E-state index in [-0.39, 0.29) is 5.91 Å². The second-order valence-electron chi connectivity index (χ2n) is 4.37. The average Bonchev–Trinajstić information content (AvgIpc) is 2.56. The first-order valence-corrected chi connectivity index (χ1v) is 6.37. The molecule has 18 heavy (non-hydrogen) atoms. The van der Waals surface area contributed by atoms with Crippen LogP contribution in [-0.2, 0) is 17.6 Å². The fourth-order valence-electron chi connectivity index (χ4n) is 2.42. The largest absolute Gasteiger partial charge is 0.398 e. The number of H-pyrrole nitrogens is 1. The molecule has 1 aliphatic heterocycles. The molecule has 0 spiro atoms. The fourth-order valence-corrected chi connectivity index (χ4v) is 2.83. The summed E-state index contributed by atoms with van der Waals surface area (Å²) in [6.07, 6.45) is 1.06. The number of hydrogen-bond donors (Lipinski definition) is 3. The van der Waals surface area contributed by atoms with Gasteiger partial charge in [0.05, 0.1) is 22.0 Å². The molecule has 0 radical (unpaired) electrons. The lowest BCUT2D eigenvalue weighted by atomic mass is 10.1. The quantitative estimate of drug-likeness (QED) is 0.649. The van der Waals surface area contributed by atoms with Crippen LogP contribution in [0.1, 0.15) is 11.3 Å². The van der Waals surface area contributed by atoms with E-state index in [0.29, 0.717) is 28.7 Å². The van der Waals surface area contributed by atoms with Crippen LogP contribution in [0.5, 0.6) is 0 Å². The molecule has 6 heteroatoms. The molecule has 0 atom stereocenters. The summed E-state index contributed by atoms with van der Waals surface area (Å²) in [5.74, 6) is 0.000113. The van der Waals surface area contributed by atoms with Gasteiger partial charge in [0.15, 0.2) is 0 Å². The third kappa shape index (κ3) is 1.64. The van der Waals surface area contributed by atoms with Gasteiger partial charge in [0.25, 0.3) is 0 Å². The number of carbonyl (C=O) groups is 1. The number of nitrogens with two attached hydrogens (primary N) is 1. The van der Waals surface area contributed by atoms with Gasteiger partial charge < -0.3 is 16.0 Å². The third-order valence-corrected chi connectivity index (χ3v) is 4.01. The minimum atomic E-state index is 0.000113. The summed E-state index contributed by atoms with van der Waals surface area (Å²) in [6.45, 7) is 0.615. The second-order valence-corrected chi connectivity index (χ2v) is 5.16. The summed E-state index contributed by atoms with van der Waals surface area (Å²) < 4.78 is 0. The van der Waals surface area contributed by atoms with Crippen molar-refractivity contribution in [2.24, 2.45) is 0 Å². The first-order chi connectivity index (χ1) is 8.58. The van der Waals surface area contributed by atoms with Crippen LogP contribution in [0.2, 0.25) is 10.0 Å². The zero-order chi connectivity index (χ0) is 12.9. The second kappa shape index (κ2) is 4.07. The van der Waals surface area contributed by atoms with E-state index in [4.69, 9.17) is 28.9 Å². The Bertz CT molecular complexity index is 663. The van der Waals surface area contributed by atoms with Crippen LogP contribution in [0.4, 0.5) is 5.69 Å². The molecule has 0 saturated heterocycles. The zero-order valence-electron chi connectivity index (χ0n) is 9.44. The van der Waals surface area contributed by atoms with Crippen molar-refractivity contribution in [2.45, 2.75) is 12.8 Å². The third-order valence-electron chi connectivity index (χ3n) is 3.23. The lowest BCUT2D eigenvalue weighted by Gasteiger charge is -2.04. The topological polar surface area (TPSA) is 70.9 Å². The standard InChI is InChI=1S/C12H11Cl2N3O/c13-6-4-7(15)10-5-3-9(18)16-2-1-8(5)17-12(10)11(6)14/h4,17H,1-3,15H2,(H,16,18). The van der Waals surface area contributed by atoms with Crippen LogP contribution in [0.3, 0.4) is 0 Å². The Morgan fingerprint density at radius 3 is 2.89 bits per heavy atom. The Kier molecular flexibility index (Phi) is 2.64. The number of anilines is 1. The van der Waals surface area contributed by atoms with E-state index in [1.54, 1.807) is 6.07 Å². The lowest BCUT2D eigenvalue weighted by Crippen LogP contribution is -2.24. The van der Waals surface area contributed by atoms with Gasteiger partial charge in [-0.15, -0.1) is 0 Å². The van der Waals surface area contributed by atoms with Gasteiger partial charge >= 0.3 is 0 Å². The van der Waals surface area contributed by atoms with Crippen molar-refractivity contribution in [2.75, 3.05) is 12.3 Å². The molecule has 3 rings (SSSR count).